The number of benzene rings is 2. The highest BCUT2D eigenvalue weighted by atomic mass is 79.9. The van der Waals surface area contributed by atoms with E-state index < -0.39 is 5.97 Å². The van der Waals surface area contributed by atoms with E-state index in [1.807, 2.05) is 6.92 Å². The molecule has 2 aromatic carbocycles. The number of thiazole rings is 1. The van der Waals surface area contributed by atoms with Crippen molar-refractivity contribution in [3.05, 3.63) is 97.3 Å². The summed E-state index contributed by atoms with van der Waals surface area (Å²) in [6.07, 6.45) is 1.72. The molecule has 9 heteroatoms. The van der Waals surface area contributed by atoms with E-state index in [9.17, 15) is 14.4 Å². The summed E-state index contributed by atoms with van der Waals surface area (Å²) >= 11 is 4.72. The number of rotatable bonds is 5. The number of ether oxygens (including phenoxy) is 1. The zero-order valence-corrected chi connectivity index (χ0v) is 18.7. The van der Waals surface area contributed by atoms with Crippen molar-refractivity contribution in [3.8, 4) is 0 Å². The highest BCUT2D eigenvalue weighted by molar-refractivity contribution is 9.10. The van der Waals surface area contributed by atoms with E-state index in [2.05, 4.69) is 26.2 Å². The average Bonchev–Trinajstić information content (AvgIpc) is 3.13. The molecule has 0 aliphatic rings. The van der Waals surface area contributed by atoms with Gasteiger partial charge in [0.25, 0.3) is 11.5 Å². The van der Waals surface area contributed by atoms with Gasteiger partial charge in [-0.1, -0.05) is 22.0 Å². The fourth-order valence-corrected chi connectivity index (χ4v) is 4.00. The van der Waals surface area contributed by atoms with E-state index in [1.165, 1.54) is 27.9 Å². The van der Waals surface area contributed by atoms with Crippen LogP contribution in [-0.4, -0.2) is 21.3 Å². The number of fused-ring (bicyclic) bond motifs is 1. The Hall–Kier alpha value is -3.30. The van der Waals surface area contributed by atoms with E-state index in [0.717, 1.165) is 9.35 Å². The van der Waals surface area contributed by atoms with Gasteiger partial charge in [0.2, 0.25) is 0 Å². The van der Waals surface area contributed by atoms with Gasteiger partial charge in [0.05, 0.1) is 11.3 Å². The molecular formula is C22H16BrN3O4S. The lowest BCUT2D eigenvalue weighted by atomic mass is 10.1. The molecule has 0 aliphatic heterocycles. The van der Waals surface area contributed by atoms with Crippen molar-refractivity contribution < 1.29 is 14.3 Å². The van der Waals surface area contributed by atoms with Gasteiger partial charge in [-0.2, -0.15) is 0 Å². The van der Waals surface area contributed by atoms with Crippen LogP contribution in [0.4, 0.5) is 5.69 Å². The maximum absolute atomic E-state index is 12.5. The molecule has 1 amide bonds. The predicted molar refractivity (Wildman–Crippen MR) is 122 cm³/mol. The van der Waals surface area contributed by atoms with Gasteiger partial charge in [-0.3, -0.25) is 14.0 Å². The van der Waals surface area contributed by atoms with Gasteiger partial charge in [0.15, 0.2) is 4.96 Å². The lowest BCUT2D eigenvalue weighted by molar-refractivity contribution is 0.0467. The van der Waals surface area contributed by atoms with Crippen molar-refractivity contribution in [2.75, 3.05) is 5.32 Å². The Morgan fingerprint density at radius 1 is 1.13 bits per heavy atom. The third-order valence-corrected chi connectivity index (χ3v) is 5.78. The van der Waals surface area contributed by atoms with Crippen LogP contribution >= 0.6 is 27.3 Å². The van der Waals surface area contributed by atoms with E-state index in [4.69, 9.17) is 4.74 Å². The van der Waals surface area contributed by atoms with Gasteiger partial charge >= 0.3 is 5.97 Å². The molecule has 0 saturated heterocycles. The van der Waals surface area contributed by atoms with E-state index in [-0.39, 0.29) is 23.6 Å². The third kappa shape index (κ3) is 4.89. The van der Waals surface area contributed by atoms with E-state index >= 15 is 0 Å². The van der Waals surface area contributed by atoms with Gasteiger partial charge < -0.3 is 10.1 Å². The van der Waals surface area contributed by atoms with Crippen molar-refractivity contribution in [2.24, 2.45) is 0 Å². The van der Waals surface area contributed by atoms with Gasteiger partial charge in [-0.05, 0) is 49.4 Å². The largest absolute Gasteiger partial charge is 0.456 e. The Morgan fingerprint density at radius 3 is 2.68 bits per heavy atom. The molecule has 2 heterocycles. The maximum Gasteiger partial charge on any atom is 0.338 e. The standard InChI is InChI=1S/C22H16BrN3O4S/c1-13-11-26-19(27)10-18(25-22(26)31-13)12-30-21(29)15-3-2-4-17(9-15)24-20(28)14-5-7-16(23)8-6-14/h2-11H,12H2,1H3,(H,24,28). The second kappa shape index (κ2) is 8.83. The number of esters is 1. The lowest BCUT2D eigenvalue weighted by Gasteiger charge is -2.08. The summed E-state index contributed by atoms with van der Waals surface area (Å²) in [6.45, 7) is 1.76. The molecule has 0 bridgehead atoms. The minimum atomic E-state index is -0.580. The highest BCUT2D eigenvalue weighted by Gasteiger charge is 2.12. The normalized spacial score (nSPS) is 10.8. The molecular weight excluding hydrogens is 482 g/mol. The second-order valence-corrected chi connectivity index (χ2v) is 8.83. The first kappa shape index (κ1) is 21.0. The first-order chi connectivity index (χ1) is 14.9. The third-order valence-electron chi connectivity index (χ3n) is 4.35. The molecule has 0 unspecified atom stereocenters. The summed E-state index contributed by atoms with van der Waals surface area (Å²) in [7, 11) is 0. The molecule has 0 spiro atoms. The molecule has 31 heavy (non-hydrogen) atoms. The molecule has 0 aliphatic carbocycles. The number of nitrogens with one attached hydrogen (secondary N) is 1. The SMILES string of the molecule is Cc1cn2c(=O)cc(COC(=O)c3cccc(NC(=O)c4ccc(Br)cc4)c3)nc2s1. The first-order valence-electron chi connectivity index (χ1n) is 9.22. The maximum atomic E-state index is 12.5. The van der Waals surface area contributed by atoms with Gasteiger partial charge in [-0.15, -0.1) is 11.3 Å². The van der Waals surface area contributed by atoms with Gasteiger partial charge in [0.1, 0.15) is 6.61 Å². The van der Waals surface area contributed by atoms with Crippen LogP contribution in [0.25, 0.3) is 4.96 Å². The lowest BCUT2D eigenvalue weighted by Crippen LogP contribution is -2.15. The summed E-state index contributed by atoms with van der Waals surface area (Å²) in [5, 5.41) is 2.76. The molecule has 156 valence electrons. The highest BCUT2D eigenvalue weighted by Crippen LogP contribution is 2.16. The Labute approximate surface area is 189 Å². The summed E-state index contributed by atoms with van der Waals surface area (Å²) in [4.78, 5) is 42.9. The minimum Gasteiger partial charge on any atom is -0.456 e. The zero-order valence-electron chi connectivity index (χ0n) is 16.3. The fraction of sp³-hybridized carbons (Fsp3) is 0.0909. The van der Waals surface area contributed by atoms with E-state index in [0.29, 0.717) is 21.9 Å². The number of amides is 1. The molecule has 0 atom stereocenters. The Balaban J connectivity index is 1.44. The van der Waals surface area contributed by atoms with Gasteiger partial charge in [-0.25, -0.2) is 9.78 Å². The van der Waals surface area contributed by atoms with Crippen molar-refractivity contribution in [1.82, 2.24) is 9.38 Å². The summed E-state index contributed by atoms with van der Waals surface area (Å²) in [5.74, 6) is -0.869. The van der Waals surface area contributed by atoms with E-state index in [1.54, 1.807) is 48.7 Å². The average molecular weight is 498 g/mol. The monoisotopic (exact) mass is 497 g/mol. The molecule has 0 fully saturated rings. The number of nitrogens with zero attached hydrogens (tertiary/aromatic N) is 2. The minimum absolute atomic E-state index is 0.128. The van der Waals surface area contributed by atoms with Crippen molar-refractivity contribution >= 4 is 49.8 Å². The molecule has 4 rings (SSSR count). The number of hydrogen-bond donors (Lipinski definition) is 1. The molecule has 0 saturated carbocycles. The number of aromatic nitrogens is 2. The number of hydrogen-bond acceptors (Lipinski definition) is 6. The number of anilines is 1. The topological polar surface area (TPSA) is 89.8 Å². The van der Waals surface area contributed by atoms with Crippen LogP contribution in [0.2, 0.25) is 0 Å². The summed E-state index contributed by atoms with van der Waals surface area (Å²) in [6, 6.07) is 14.7. The van der Waals surface area contributed by atoms with Crippen LogP contribution in [0, 0.1) is 6.92 Å². The van der Waals surface area contributed by atoms with Crippen LogP contribution < -0.4 is 10.9 Å². The molecule has 0 radical (unpaired) electrons. The number of halogens is 1. The number of carbonyl (C=O) groups excluding carboxylic acids is 2. The molecule has 1 N–H and O–H groups in total. The molecule has 4 aromatic rings. The quantitative estimate of drug-likeness (QED) is 0.411. The summed E-state index contributed by atoms with van der Waals surface area (Å²) in [5.41, 5.74) is 1.39. The van der Waals surface area contributed by atoms with Crippen LogP contribution in [-0.2, 0) is 11.3 Å². The van der Waals surface area contributed by atoms with Crippen LogP contribution in [0.3, 0.4) is 0 Å². The second-order valence-electron chi connectivity index (χ2n) is 6.70. The fourth-order valence-electron chi connectivity index (χ4n) is 2.88. The van der Waals surface area contributed by atoms with Crippen molar-refractivity contribution in [2.45, 2.75) is 13.5 Å². The van der Waals surface area contributed by atoms with Crippen molar-refractivity contribution in [3.63, 3.8) is 0 Å². The number of aryl methyl sites for hydroxylation is 1. The molecule has 2 aromatic heterocycles. The Morgan fingerprint density at radius 2 is 1.90 bits per heavy atom. The first-order valence-corrected chi connectivity index (χ1v) is 10.8. The Kier molecular flexibility index (Phi) is 5.97. The van der Waals surface area contributed by atoms with Crippen molar-refractivity contribution in [1.29, 1.82) is 0 Å². The Bertz CT molecular complexity index is 1350. The molecule has 7 nitrogen and oxygen atoms in total. The summed E-state index contributed by atoms with van der Waals surface area (Å²) < 4.78 is 7.66. The van der Waals surface area contributed by atoms with Crippen LogP contribution in [0.1, 0.15) is 31.3 Å². The smallest absolute Gasteiger partial charge is 0.338 e. The number of carbonyl (C=O) groups is 2. The predicted octanol–water partition coefficient (Wildman–Crippen LogP) is 4.44. The van der Waals surface area contributed by atoms with Crippen LogP contribution in [0.5, 0.6) is 0 Å². The zero-order chi connectivity index (χ0) is 22.0. The van der Waals surface area contributed by atoms with Gasteiger partial charge in [0, 0.05) is 32.9 Å². The van der Waals surface area contributed by atoms with Crippen LogP contribution in [0.15, 0.2) is 70.1 Å².